The summed E-state index contributed by atoms with van der Waals surface area (Å²) in [5, 5.41) is 7.03. The third-order valence-electron chi connectivity index (χ3n) is 3.35. The van der Waals surface area contributed by atoms with E-state index in [1.807, 2.05) is 43.3 Å². The molecule has 1 aromatic heterocycles. The highest BCUT2D eigenvalue weighted by molar-refractivity contribution is 7.80. The lowest BCUT2D eigenvalue weighted by Crippen LogP contribution is -2.28. The van der Waals surface area contributed by atoms with Crippen molar-refractivity contribution in [2.45, 2.75) is 19.9 Å². The summed E-state index contributed by atoms with van der Waals surface area (Å²) in [5.41, 5.74) is 3.42. The summed E-state index contributed by atoms with van der Waals surface area (Å²) in [4.78, 5) is 6.38. The van der Waals surface area contributed by atoms with Crippen LogP contribution in [0.5, 0.6) is 0 Å². The van der Waals surface area contributed by atoms with Crippen LogP contribution < -0.4 is 15.5 Å². The molecule has 0 bridgehead atoms. The van der Waals surface area contributed by atoms with Gasteiger partial charge in [-0.15, -0.1) is 0 Å². The SMILES string of the molecule is CCc1ccc(NC(=S)NCc2cccnc2N(C)C)cc1. The Hall–Kier alpha value is -2.14. The molecular formula is C17H22N4S. The monoisotopic (exact) mass is 314 g/mol. The lowest BCUT2D eigenvalue weighted by molar-refractivity contribution is 0.900. The van der Waals surface area contributed by atoms with Crippen LogP contribution in [0.2, 0.25) is 0 Å². The molecule has 116 valence electrons. The Morgan fingerprint density at radius 2 is 1.91 bits per heavy atom. The van der Waals surface area contributed by atoms with Gasteiger partial charge < -0.3 is 15.5 Å². The molecule has 0 aliphatic carbocycles. The number of anilines is 2. The summed E-state index contributed by atoms with van der Waals surface area (Å²) in [5.74, 6) is 0.949. The number of hydrogen-bond donors (Lipinski definition) is 2. The lowest BCUT2D eigenvalue weighted by atomic mass is 10.1. The molecule has 5 heteroatoms. The molecule has 2 rings (SSSR count). The number of nitrogens with zero attached hydrogens (tertiary/aromatic N) is 2. The van der Waals surface area contributed by atoms with Crippen LogP contribution in [0.15, 0.2) is 42.6 Å². The Balaban J connectivity index is 1.92. The fraction of sp³-hybridized carbons (Fsp3) is 0.294. The number of pyridine rings is 1. The second-order valence-electron chi connectivity index (χ2n) is 5.24. The molecule has 0 aliphatic rings. The molecule has 1 heterocycles. The van der Waals surface area contributed by atoms with Crippen LogP contribution in [-0.4, -0.2) is 24.2 Å². The summed E-state index contributed by atoms with van der Waals surface area (Å²) in [7, 11) is 3.97. The van der Waals surface area contributed by atoms with Gasteiger partial charge in [-0.2, -0.15) is 0 Å². The van der Waals surface area contributed by atoms with Crippen LogP contribution in [0.1, 0.15) is 18.1 Å². The first kappa shape index (κ1) is 16.2. The predicted molar refractivity (Wildman–Crippen MR) is 97.4 cm³/mol. The van der Waals surface area contributed by atoms with Crippen LogP contribution in [0, 0.1) is 0 Å². The molecule has 0 spiro atoms. The molecule has 0 amide bonds. The molecule has 0 aliphatic heterocycles. The zero-order valence-electron chi connectivity index (χ0n) is 13.3. The Morgan fingerprint density at radius 1 is 1.18 bits per heavy atom. The minimum Gasteiger partial charge on any atom is -0.362 e. The largest absolute Gasteiger partial charge is 0.362 e. The van der Waals surface area contributed by atoms with Gasteiger partial charge in [0.05, 0.1) is 0 Å². The third-order valence-corrected chi connectivity index (χ3v) is 3.60. The van der Waals surface area contributed by atoms with Gasteiger partial charge >= 0.3 is 0 Å². The van der Waals surface area contributed by atoms with Crippen molar-refractivity contribution in [3.63, 3.8) is 0 Å². The average molecular weight is 314 g/mol. The molecule has 0 saturated carbocycles. The number of hydrogen-bond acceptors (Lipinski definition) is 3. The maximum atomic E-state index is 5.35. The Labute approximate surface area is 137 Å². The number of rotatable bonds is 5. The summed E-state index contributed by atoms with van der Waals surface area (Å²) in [6.45, 7) is 2.78. The van der Waals surface area contributed by atoms with Crippen molar-refractivity contribution < 1.29 is 0 Å². The Kier molecular flexibility index (Phi) is 5.72. The van der Waals surface area contributed by atoms with Crippen molar-refractivity contribution in [1.82, 2.24) is 10.3 Å². The van der Waals surface area contributed by atoms with E-state index in [-0.39, 0.29) is 0 Å². The van der Waals surface area contributed by atoms with Gasteiger partial charge in [0.1, 0.15) is 5.82 Å². The normalized spacial score (nSPS) is 10.1. The maximum Gasteiger partial charge on any atom is 0.171 e. The van der Waals surface area contributed by atoms with Crippen LogP contribution in [0.25, 0.3) is 0 Å². The first-order chi connectivity index (χ1) is 10.6. The number of thiocarbonyl (C=S) groups is 1. The average Bonchev–Trinajstić information content (AvgIpc) is 2.54. The van der Waals surface area contributed by atoms with Gasteiger partial charge in [-0.05, 0) is 42.4 Å². The summed E-state index contributed by atoms with van der Waals surface area (Å²) >= 11 is 5.35. The number of aryl methyl sites for hydroxylation is 1. The molecule has 0 unspecified atom stereocenters. The molecule has 0 saturated heterocycles. The minimum atomic E-state index is 0.609. The molecule has 0 atom stereocenters. The highest BCUT2D eigenvalue weighted by atomic mass is 32.1. The van der Waals surface area contributed by atoms with Crippen molar-refractivity contribution >= 4 is 28.8 Å². The van der Waals surface area contributed by atoms with E-state index >= 15 is 0 Å². The highest BCUT2D eigenvalue weighted by Gasteiger charge is 2.06. The maximum absolute atomic E-state index is 5.35. The molecule has 1 aromatic carbocycles. The number of aromatic nitrogens is 1. The summed E-state index contributed by atoms with van der Waals surface area (Å²) in [6.07, 6.45) is 2.84. The van der Waals surface area contributed by atoms with E-state index in [9.17, 15) is 0 Å². The van der Waals surface area contributed by atoms with Crippen molar-refractivity contribution in [2.75, 3.05) is 24.3 Å². The molecule has 0 radical (unpaired) electrons. The van der Waals surface area contributed by atoms with Gasteiger partial charge in [-0.3, -0.25) is 0 Å². The van der Waals surface area contributed by atoms with Gasteiger partial charge in [0.15, 0.2) is 5.11 Å². The number of nitrogens with one attached hydrogen (secondary N) is 2. The fourth-order valence-electron chi connectivity index (χ4n) is 2.15. The van der Waals surface area contributed by atoms with Gasteiger partial charge in [0.25, 0.3) is 0 Å². The fourth-order valence-corrected chi connectivity index (χ4v) is 2.34. The van der Waals surface area contributed by atoms with E-state index in [1.54, 1.807) is 6.20 Å². The Bertz CT molecular complexity index is 623. The van der Waals surface area contributed by atoms with Crippen molar-refractivity contribution in [3.8, 4) is 0 Å². The van der Waals surface area contributed by atoms with E-state index in [0.29, 0.717) is 11.7 Å². The zero-order valence-corrected chi connectivity index (χ0v) is 14.1. The third kappa shape index (κ3) is 4.43. The second-order valence-corrected chi connectivity index (χ2v) is 5.65. The molecule has 22 heavy (non-hydrogen) atoms. The van der Waals surface area contributed by atoms with Crippen LogP contribution in [-0.2, 0) is 13.0 Å². The molecule has 2 N–H and O–H groups in total. The van der Waals surface area contributed by atoms with Crippen molar-refractivity contribution in [2.24, 2.45) is 0 Å². The van der Waals surface area contributed by atoms with Crippen LogP contribution in [0.3, 0.4) is 0 Å². The molecule has 4 nitrogen and oxygen atoms in total. The number of benzene rings is 1. The van der Waals surface area contributed by atoms with Crippen molar-refractivity contribution in [1.29, 1.82) is 0 Å². The van der Waals surface area contributed by atoms with Crippen LogP contribution in [0.4, 0.5) is 11.5 Å². The van der Waals surface area contributed by atoms with Gasteiger partial charge in [0.2, 0.25) is 0 Å². The van der Waals surface area contributed by atoms with Gasteiger partial charge in [-0.1, -0.05) is 25.1 Å². The predicted octanol–water partition coefficient (Wildman–Crippen LogP) is 3.20. The van der Waals surface area contributed by atoms with Gasteiger partial charge in [-0.25, -0.2) is 4.98 Å². The van der Waals surface area contributed by atoms with E-state index in [0.717, 1.165) is 23.5 Å². The molecular weight excluding hydrogens is 292 g/mol. The quantitative estimate of drug-likeness (QED) is 0.830. The van der Waals surface area contributed by atoms with Crippen molar-refractivity contribution in [3.05, 3.63) is 53.7 Å². The van der Waals surface area contributed by atoms with Gasteiger partial charge in [0, 0.05) is 38.1 Å². The molecule has 2 aromatic rings. The summed E-state index contributed by atoms with van der Waals surface area (Å²) < 4.78 is 0. The topological polar surface area (TPSA) is 40.2 Å². The highest BCUT2D eigenvalue weighted by Crippen LogP contribution is 2.14. The Morgan fingerprint density at radius 3 is 2.55 bits per heavy atom. The smallest absolute Gasteiger partial charge is 0.171 e. The van der Waals surface area contributed by atoms with E-state index < -0.39 is 0 Å². The van der Waals surface area contributed by atoms with E-state index in [2.05, 4.69) is 34.7 Å². The second kappa shape index (κ2) is 7.75. The van der Waals surface area contributed by atoms with E-state index in [1.165, 1.54) is 5.56 Å². The first-order valence-electron chi connectivity index (χ1n) is 7.35. The minimum absolute atomic E-state index is 0.609. The summed E-state index contributed by atoms with van der Waals surface area (Å²) in [6, 6.07) is 12.3. The zero-order chi connectivity index (χ0) is 15.9. The standard InChI is InChI=1S/C17H22N4S/c1-4-13-7-9-15(10-8-13)20-17(22)19-12-14-6-5-11-18-16(14)21(2)3/h5-11H,4,12H2,1-3H3,(H2,19,20,22). The molecule has 0 fully saturated rings. The first-order valence-corrected chi connectivity index (χ1v) is 7.76. The lowest BCUT2D eigenvalue weighted by Gasteiger charge is -2.17. The van der Waals surface area contributed by atoms with Crippen LogP contribution >= 0.6 is 12.2 Å². The van der Waals surface area contributed by atoms with E-state index in [4.69, 9.17) is 12.2 Å².